The van der Waals surface area contributed by atoms with Crippen LogP contribution in [0.2, 0.25) is 0 Å². The van der Waals surface area contributed by atoms with E-state index in [9.17, 15) is 9.59 Å². The Kier molecular flexibility index (Phi) is 6.07. The third kappa shape index (κ3) is 5.20. The van der Waals surface area contributed by atoms with Gasteiger partial charge in [0, 0.05) is 11.3 Å². The van der Waals surface area contributed by atoms with Gasteiger partial charge in [0.2, 0.25) is 0 Å². The maximum absolute atomic E-state index is 12.2. The van der Waals surface area contributed by atoms with Gasteiger partial charge in [-0.15, -0.1) is 0 Å². The van der Waals surface area contributed by atoms with Gasteiger partial charge in [-0.05, 0) is 61.9 Å². The summed E-state index contributed by atoms with van der Waals surface area (Å²) in [5, 5.41) is 2.80. The smallest absolute Gasteiger partial charge is 0.349 e. The average molecular weight is 375 g/mol. The van der Waals surface area contributed by atoms with Crippen LogP contribution in [-0.4, -0.2) is 18.5 Å². The van der Waals surface area contributed by atoms with Crippen molar-refractivity contribution in [2.24, 2.45) is 0 Å². The van der Waals surface area contributed by atoms with E-state index in [0.29, 0.717) is 22.7 Å². The lowest BCUT2D eigenvalue weighted by Gasteiger charge is -2.10. The molecule has 0 aromatic heterocycles. The van der Waals surface area contributed by atoms with Gasteiger partial charge in [-0.2, -0.15) is 0 Å². The SMILES string of the molecule is Cc1ccc(OCC(=O)Oc2ccc(C(=O)Nc3ccccc3)cc2)c(C)c1. The lowest BCUT2D eigenvalue weighted by atomic mass is 10.1. The summed E-state index contributed by atoms with van der Waals surface area (Å²) in [6.07, 6.45) is 0. The molecule has 0 unspecified atom stereocenters. The minimum atomic E-state index is -0.513. The lowest BCUT2D eigenvalue weighted by molar-refractivity contribution is -0.136. The third-order valence-corrected chi connectivity index (χ3v) is 4.06. The van der Waals surface area contributed by atoms with Gasteiger partial charge in [0.15, 0.2) is 6.61 Å². The van der Waals surface area contributed by atoms with Gasteiger partial charge in [-0.1, -0.05) is 35.9 Å². The molecular formula is C23H21NO4. The number of ether oxygens (including phenoxy) is 2. The molecule has 142 valence electrons. The lowest BCUT2D eigenvalue weighted by Crippen LogP contribution is -2.18. The van der Waals surface area contributed by atoms with Crippen molar-refractivity contribution >= 4 is 17.6 Å². The van der Waals surface area contributed by atoms with E-state index >= 15 is 0 Å². The van der Waals surface area contributed by atoms with Gasteiger partial charge in [0.25, 0.3) is 5.91 Å². The molecule has 1 amide bonds. The number of para-hydroxylation sites is 1. The van der Waals surface area contributed by atoms with Crippen LogP contribution in [0.25, 0.3) is 0 Å². The Hall–Kier alpha value is -3.60. The predicted octanol–water partition coefficient (Wildman–Crippen LogP) is 4.54. The molecule has 0 aliphatic carbocycles. The molecule has 5 heteroatoms. The number of amides is 1. The quantitative estimate of drug-likeness (QED) is 0.507. The standard InChI is InChI=1S/C23H21NO4/c1-16-8-13-21(17(2)14-16)27-15-22(25)28-20-11-9-18(10-12-20)23(26)24-19-6-4-3-5-7-19/h3-14H,15H2,1-2H3,(H,24,26). The summed E-state index contributed by atoms with van der Waals surface area (Å²) in [5.74, 6) is 0.254. The van der Waals surface area contributed by atoms with E-state index in [1.165, 1.54) is 0 Å². The molecule has 5 nitrogen and oxygen atoms in total. The van der Waals surface area contributed by atoms with Crippen LogP contribution in [0.15, 0.2) is 72.8 Å². The molecule has 1 N–H and O–H groups in total. The van der Waals surface area contributed by atoms with Crippen molar-refractivity contribution in [3.05, 3.63) is 89.5 Å². The molecule has 0 radical (unpaired) electrons. The van der Waals surface area contributed by atoms with Gasteiger partial charge in [0.1, 0.15) is 11.5 Å². The summed E-state index contributed by atoms with van der Waals surface area (Å²) in [6.45, 7) is 3.72. The molecule has 28 heavy (non-hydrogen) atoms. The Bertz CT molecular complexity index is 966. The van der Waals surface area contributed by atoms with Crippen molar-refractivity contribution in [1.29, 1.82) is 0 Å². The zero-order chi connectivity index (χ0) is 19.9. The molecule has 0 aliphatic rings. The predicted molar refractivity (Wildman–Crippen MR) is 108 cm³/mol. The Morgan fingerprint density at radius 3 is 2.29 bits per heavy atom. The van der Waals surface area contributed by atoms with Crippen LogP contribution in [0.3, 0.4) is 0 Å². The van der Waals surface area contributed by atoms with Crippen LogP contribution in [0.5, 0.6) is 11.5 Å². The van der Waals surface area contributed by atoms with Crippen molar-refractivity contribution in [2.75, 3.05) is 11.9 Å². The number of anilines is 1. The van der Waals surface area contributed by atoms with Gasteiger partial charge >= 0.3 is 5.97 Å². The highest BCUT2D eigenvalue weighted by molar-refractivity contribution is 6.04. The summed E-state index contributed by atoms with van der Waals surface area (Å²) in [7, 11) is 0. The minimum absolute atomic E-state index is 0.194. The molecule has 0 spiro atoms. The summed E-state index contributed by atoms with van der Waals surface area (Å²) < 4.78 is 10.8. The largest absolute Gasteiger partial charge is 0.482 e. The molecular weight excluding hydrogens is 354 g/mol. The molecule has 3 aromatic carbocycles. The normalized spacial score (nSPS) is 10.2. The van der Waals surface area contributed by atoms with Crippen molar-refractivity contribution in [2.45, 2.75) is 13.8 Å². The number of hydrogen-bond donors (Lipinski definition) is 1. The summed E-state index contributed by atoms with van der Waals surface area (Å²) in [4.78, 5) is 24.2. The molecule has 3 aromatic rings. The van der Waals surface area contributed by atoms with Crippen molar-refractivity contribution < 1.29 is 19.1 Å². The topological polar surface area (TPSA) is 64.6 Å². The van der Waals surface area contributed by atoms with Gasteiger partial charge in [-0.3, -0.25) is 4.79 Å². The Morgan fingerprint density at radius 1 is 0.893 bits per heavy atom. The maximum Gasteiger partial charge on any atom is 0.349 e. The van der Waals surface area contributed by atoms with Crippen molar-refractivity contribution in [1.82, 2.24) is 0 Å². The average Bonchev–Trinajstić information content (AvgIpc) is 2.68. The molecule has 0 aliphatic heterocycles. The molecule has 0 bridgehead atoms. The first kappa shape index (κ1) is 19.2. The molecule has 0 saturated carbocycles. The highest BCUT2D eigenvalue weighted by atomic mass is 16.6. The molecule has 3 rings (SSSR count). The molecule has 0 saturated heterocycles. The summed E-state index contributed by atoms with van der Waals surface area (Å²) in [6, 6.07) is 21.3. The first-order valence-corrected chi connectivity index (χ1v) is 8.88. The van der Waals surface area contributed by atoms with E-state index in [1.54, 1.807) is 24.3 Å². The zero-order valence-electron chi connectivity index (χ0n) is 15.8. The van der Waals surface area contributed by atoms with Crippen molar-refractivity contribution in [3.63, 3.8) is 0 Å². The fourth-order valence-electron chi connectivity index (χ4n) is 2.66. The molecule has 0 heterocycles. The molecule has 0 fully saturated rings. The van der Waals surface area contributed by atoms with E-state index in [1.807, 2.05) is 62.4 Å². The second-order valence-corrected chi connectivity index (χ2v) is 6.38. The Morgan fingerprint density at radius 2 is 1.61 bits per heavy atom. The fourth-order valence-corrected chi connectivity index (χ4v) is 2.66. The Labute approximate surface area is 163 Å². The van der Waals surface area contributed by atoms with Crippen LogP contribution in [0, 0.1) is 13.8 Å². The van der Waals surface area contributed by atoms with E-state index in [2.05, 4.69) is 5.32 Å². The van der Waals surface area contributed by atoms with Crippen molar-refractivity contribution in [3.8, 4) is 11.5 Å². The number of nitrogens with one attached hydrogen (secondary N) is 1. The highest BCUT2D eigenvalue weighted by Gasteiger charge is 2.10. The van der Waals surface area contributed by atoms with Crippen LogP contribution in [0.1, 0.15) is 21.5 Å². The van der Waals surface area contributed by atoms with Crippen LogP contribution in [-0.2, 0) is 4.79 Å². The monoisotopic (exact) mass is 375 g/mol. The van der Waals surface area contributed by atoms with E-state index in [0.717, 1.165) is 11.1 Å². The third-order valence-electron chi connectivity index (χ3n) is 4.06. The Balaban J connectivity index is 1.53. The number of aryl methyl sites for hydroxylation is 2. The number of carbonyl (C=O) groups excluding carboxylic acids is 2. The second-order valence-electron chi connectivity index (χ2n) is 6.38. The second kappa shape index (κ2) is 8.86. The zero-order valence-corrected chi connectivity index (χ0v) is 15.8. The fraction of sp³-hybridized carbons (Fsp3) is 0.130. The first-order chi connectivity index (χ1) is 13.5. The number of benzene rings is 3. The number of hydrogen-bond acceptors (Lipinski definition) is 4. The van der Waals surface area contributed by atoms with Crippen LogP contribution < -0.4 is 14.8 Å². The summed E-state index contributed by atoms with van der Waals surface area (Å²) >= 11 is 0. The van der Waals surface area contributed by atoms with Gasteiger partial charge in [0.05, 0.1) is 0 Å². The number of rotatable bonds is 6. The highest BCUT2D eigenvalue weighted by Crippen LogP contribution is 2.19. The number of carbonyl (C=O) groups is 2. The van der Waals surface area contributed by atoms with E-state index < -0.39 is 5.97 Å². The summed E-state index contributed by atoms with van der Waals surface area (Å²) in [5.41, 5.74) is 3.27. The van der Waals surface area contributed by atoms with Gasteiger partial charge in [-0.25, -0.2) is 4.79 Å². The minimum Gasteiger partial charge on any atom is -0.482 e. The van der Waals surface area contributed by atoms with Crippen LogP contribution in [0.4, 0.5) is 5.69 Å². The first-order valence-electron chi connectivity index (χ1n) is 8.88. The number of esters is 1. The van der Waals surface area contributed by atoms with Crippen LogP contribution >= 0.6 is 0 Å². The van der Waals surface area contributed by atoms with E-state index in [4.69, 9.17) is 9.47 Å². The van der Waals surface area contributed by atoms with E-state index in [-0.39, 0.29) is 12.5 Å². The maximum atomic E-state index is 12.2. The van der Waals surface area contributed by atoms with Gasteiger partial charge < -0.3 is 14.8 Å². The molecule has 0 atom stereocenters.